The number of amides is 1. The first-order valence-electron chi connectivity index (χ1n) is 13.0. The summed E-state index contributed by atoms with van der Waals surface area (Å²) in [5, 5.41) is 12.3. The highest BCUT2D eigenvalue weighted by Crippen LogP contribution is 2.51. The molecule has 0 saturated carbocycles. The summed E-state index contributed by atoms with van der Waals surface area (Å²) in [6, 6.07) is 23.7. The van der Waals surface area contributed by atoms with E-state index in [1.54, 1.807) is 66.7 Å². The van der Waals surface area contributed by atoms with Gasteiger partial charge in [-0.25, -0.2) is 18.8 Å². The lowest BCUT2D eigenvalue weighted by molar-refractivity contribution is -0.0642. The van der Waals surface area contributed by atoms with Crippen molar-refractivity contribution < 1.29 is 33.4 Å². The minimum Gasteiger partial charge on any atom is -0.478 e. The summed E-state index contributed by atoms with van der Waals surface area (Å²) in [6.07, 6.45) is -1.50. The SMILES string of the molecule is C[C@]1(F)[C@H](c2ccccc2C(=O)O)[C@@H](COC(=O)c2ccccc2)O[C@H]1n1ccc(NC(=O)c2ccccc2)nc1=O. The van der Waals surface area contributed by atoms with Crippen LogP contribution in [0, 0.1) is 0 Å². The fourth-order valence-electron chi connectivity index (χ4n) is 5.09. The van der Waals surface area contributed by atoms with E-state index in [9.17, 15) is 24.3 Å². The Bertz CT molecular complexity index is 1670. The fraction of sp³-hybridized carbons (Fsp3) is 0.194. The maximum atomic E-state index is 16.8. The largest absolute Gasteiger partial charge is 0.478 e. The number of aromatic carboxylic acids is 1. The molecule has 11 heteroatoms. The van der Waals surface area contributed by atoms with E-state index < -0.39 is 54.1 Å². The maximum absolute atomic E-state index is 16.8. The van der Waals surface area contributed by atoms with Crippen LogP contribution in [0.4, 0.5) is 10.2 Å². The van der Waals surface area contributed by atoms with Gasteiger partial charge in [-0.2, -0.15) is 4.98 Å². The number of carboxylic acid groups (broad SMARTS) is 1. The molecule has 1 fully saturated rings. The van der Waals surface area contributed by atoms with Gasteiger partial charge in [0, 0.05) is 11.8 Å². The lowest BCUT2D eigenvalue weighted by atomic mass is 9.80. The highest BCUT2D eigenvalue weighted by molar-refractivity contribution is 6.03. The molecule has 0 radical (unpaired) electrons. The first-order chi connectivity index (χ1) is 20.2. The fourth-order valence-corrected chi connectivity index (χ4v) is 5.09. The van der Waals surface area contributed by atoms with Gasteiger partial charge in [0.1, 0.15) is 18.5 Å². The van der Waals surface area contributed by atoms with Gasteiger partial charge in [-0.15, -0.1) is 0 Å². The number of anilines is 1. The van der Waals surface area contributed by atoms with Gasteiger partial charge in [-0.05, 0) is 48.9 Å². The number of aromatic nitrogens is 2. The van der Waals surface area contributed by atoms with E-state index in [0.717, 1.165) is 4.57 Å². The molecule has 10 nitrogen and oxygen atoms in total. The van der Waals surface area contributed by atoms with Crippen molar-refractivity contribution >= 4 is 23.7 Å². The van der Waals surface area contributed by atoms with Gasteiger partial charge in [0.15, 0.2) is 11.9 Å². The van der Waals surface area contributed by atoms with Crippen LogP contribution >= 0.6 is 0 Å². The average molecular weight is 572 g/mol. The Kier molecular flexibility index (Phi) is 7.94. The number of alkyl halides is 1. The number of carbonyl (C=O) groups is 3. The number of hydrogen-bond donors (Lipinski definition) is 2. The minimum absolute atomic E-state index is 0.0511. The van der Waals surface area contributed by atoms with E-state index in [1.807, 2.05) is 0 Å². The van der Waals surface area contributed by atoms with Crippen molar-refractivity contribution in [1.82, 2.24) is 9.55 Å². The minimum atomic E-state index is -2.37. The number of benzene rings is 3. The third-order valence-corrected chi connectivity index (χ3v) is 7.04. The molecule has 3 aromatic carbocycles. The zero-order valence-corrected chi connectivity index (χ0v) is 22.3. The molecule has 0 unspecified atom stereocenters. The van der Waals surface area contributed by atoms with Gasteiger partial charge in [0.25, 0.3) is 5.91 Å². The normalized spacial score (nSPS) is 21.4. The van der Waals surface area contributed by atoms with Crippen molar-refractivity contribution in [3.05, 3.63) is 130 Å². The predicted molar refractivity (Wildman–Crippen MR) is 149 cm³/mol. The number of carboxylic acids is 1. The van der Waals surface area contributed by atoms with Crippen LogP contribution in [0.3, 0.4) is 0 Å². The molecule has 1 saturated heterocycles. The molecule has 1 aliphatic rings. The second-order valence-electron chi connectivity index (χ2n) is 9.84. The Morgan fingerprint density at radius 2 is 1.60 bits per heavy atom. The lowest BCUT2D eigenvalue weighted by Gasteiger charge is -2.29. The molecule has 1 aliphatic heterocycles. The van der Waals surface area contributed by atoms with Crippen molar-refractivity contribution in [3.63, 3.8) is 0 Å². The number of esters is 1. The average Bonchev–Trinajstić information content (AvgIpc) is 3.26. The molecular weight excluding hydrogens is 545 g/mol. The monoisotopic (exact) mass is 571 g/mol. The molecule has 5 rings (SSSR count). The maximum Gasteiger partial charge on any atom is 0.351 e. The van der Waals surface area contributed by atoms with Gasteiger partial charge >= 0.3 is 17.6 Å². The number of rotatable bonds is 8. The molecule has 2 heterocycles. The van der Waals surface area contributed by atoms with E-state index in [0.29, 0.717) is 5.56 Å². The van der Waals surface area contributed by atoms with E-state index in [4.69, 9.17) is 9.47 Å². The van der Waals surface area contributed by atoms with Crippen LogP contribution in [0.1, 0.15) is 55.7 Å². The zero-order chi connectivity index (χ0) is 29.9. The highest BCUT2D eigenvalue weighted by Gasteiger charge is 2.57. The summed E-state index contributed by atoms with van der Waals surface area (Å²) in [5.41, 5.74) is -2.69. The Labute approximate surface area is 239 Å². The van der Waals surface area contributed by atoms with Gasteiger partial charge in [0.2, 0.25) is 0 Å². The van der Waals surface area contributed by atoms with Crippen molar-refractivity contribution in [2.24, 2.45) is 0 Å². The Hall–Kier alpha value is -5.16. The smallest absolute Gasteiger partial charge is 0.351 e. The van der Waals surface area contributed by atoms with Gasteiger partial charge in [0.05, 0.1) is 17.0 Å². The van der Waals surface area contributed by atoms with Crippen LogP contribution in [0.25, 0.3) is 0 Å². The van der Waals surface area contributed by atoms with Gasteiger partial charge in [-0.1, -0.05) is 54.6 Å². The highest BCUT2D eigenvalue weighted by atomic mass is 19.1. The summed E-state index contributed by atoms with van der Waals surface area (Å²) in [4.78, 5) is 54.1. The molecule has 0 aliphatic carbocycles. The number of nitrogens with one attached hydrogen (secondary N) is 1. The van der Waals surface area contributed by atoms with Crippen LogP contribution in [0.2, 0.25) is 0 Å². The lowest BCUT2D eigenvalue weighted by Crippen LogP contribution is -2.39. The van der Waals surface area contributed by atoms with Crippen LogP contribution in [-0.2, 0) is 9.47 Å². The number of hydrogen-bond acceptors (Lipinski definition) is 7. The first-order valence-corrected chi connectivity index (χ1v) is 13.0. The topological polar surface area (TPSA) is 137 Å². The zero-order valence-electron chi connectivity index (χ0n) is 22.3. The summed E-state index contributed by atoms with van der Waals surface area (Å²) in [6.45, 7) is 0.771. The van der Waals surface area contributed by atoms with E-state index in [1.165, 1.54) is 37.4 Å². The second kappa shape index (κ2) is 11.8. The molecule has 4 aromatic rings. The number of ether oxygens (including phenoxy) is 2. The number of halogens is 1. The molecule has 2 N–H and O–H groups in total. The van der Waals surface area contributed by atoms with Crippen LogP contribution in [0.15, 0.2) is 102 Å². The van der Waals surface area contributed by atoms with Gasteiger partial charge < -0.3 is 19.9 Å². The van der Waals surface area contributed by atoms with Crippen LogP contribution < -0.4 is 11.0 Å². The number of nitrogens with zero attached hydrogens (tertiary/aromatic N) is 2. The van der Waals surface area contributed by atoms with Gasteiger partial charge in [-0.3, -0.25) is 9.36 Å². The van der Waals surface area contributed by atoms with Crippen LogP contribution in [-0.4, -0.2) is 50.9 Å². The molecule has 1 aromatic heterocycles. The molecule has 214 valence electrons. The van der Waals surface area contributed by atoms with E-state index >= 15 is 4.39 Å². The third kappa shape index (κ3) is 5.68. The molecule has 42 heavy (non-hydrogen) atoms. The van der Waals surface area contributed by atoms with Crippen molar-refractivity contribution in [1.29, 1.82) is 0 Å². The quantitative estimate of drug-likeness (QED) is 0.296. The van der Waals surface area contributed by atoms with Crippen LogP contribution in [0.5, 0.6) is 0 Å². The van der Waals surface area contributed by atoms with E-state index in [-0.39, 0.29) is 22.5 Å². The molecule has 4 atom stereocenters. The molecule has 1 amide bonds. The Morgan fingerprint density at radius 3 is 2.24 bits per heavy atom. The molecule has 0 spiro atoms. The van der Waals surface area contributed by atoms with Crippen molar-refractivity contribution in [2.75, 3.05) is 11.9 Å². The summed E-state index contributed by atoms with van der Waals surface area (Å²) in [7, 11) is 0. The summed E-state index contributed by atoms with van der Waals surface area (Å²) >= 11 is 0. The van der Waals surface area contributed by atoms with E-state index in [2.05, 4.69) is 10.3 Å². The Balaban J connectivity index is 1.46. The first kappa shape index (κ1) is 28.4. The summed E-state index contributed by atoms with van der Waals surface area (Å²) < 4.78 is 29.2. The molecule has 0 bridgehead atoms. The van der Waals surface area contributed by atoms with Crippen molar-refractivity contribution in [2.45, 2.75) is 30.8 Å². The summed E-state index contributed by atoms with van der Waals surface area (Å²) in [5.74, 6) is -3.74. The standard InChI is InChI=1S/C31H26FN3O7/c1-31(32)25(21-14-8-9-15-22(21)27(37)38)23(18-41-28(39)20-12-6-3-7-13-20)42-29(31)35-17-16-24(34-30(35)40)33-26(36)19-10-4-2-5-11-19/h2-17,23,25,29H,18H2,1H3,(H,37,38)(H,33,34,36,40)/t23-,25-,29-,31+/m1/s1. The number of carbonyl (C=O) groups excluding carboxylic acids is 2. The predicted octanol–water partition coefficient (Wildman–Crippen LogP) is 4.46. The Morgan fingerprint density at radius 1 is 0.976 bits per heavy atom. The second-order valence-corrected chi connectivity index (χ2v) is 9.84. The third-order valence-electron chi connectivity index (χ3n) is 7.04. The van der Waals surface area contributed by atoms with Crippen molar-refractivity contribution in [3.8, 4) is 0 Å². The molecular formula is C31H26FN3O7.